The van der Waals surface area contributed by atoms with Crippen molar-refractivity contribution in [3.05, 3.63) is 43.3 Å². The summed E-state index contributed by atoms with van der Waals surface area (Å²) in [6.07, 6.45) is 1.82. The Balaban J connectivity index is 1.74. The van der Waals surface area contributed by atoms with Crippen molar-refractivity contribution in [2.24, 2.45) is 0 Å². The van der Waals surface area contributed by atoms with Crippen LogP contribution in [0.25, 0.3) is 0 Å². The minimum atomic E-state index is -0.655. The average molecular weight is 361 g/mol. The predicted octanol–water partition coefficient (Wildman–Crippen LogP) is 1.77. The Bertz CT molecular complexity index is 586. The lowest BCUT2D eigenvalue weighted by atomic mass is 10.3. The van der Waals surface area contributed by atoms with E-state index in [-0.39, 0.29) is 12.2 Å². The number of nitrogens with zero attached hydrogens (tertiary/aromatic N) is 3. The Hall–Kier alpha value is -1.29. The van der Waals surface area contributed by atoms with Gasteiger partial charge in [0.2, 0.25) is 0 Å². The van der Waals surface area contributed by atoms with Crippen LogP contribution in [0.1, 0.15) is 4.88 Å². The Morgan fingerprint density at radius 1 is 1.65 bits per heavy atom. The van der Waals surface area contributed by atoms with Crippen molar-refractivity contribution in [3.8, 4) is 0 Å². The maximum Gasteiger partial charge on any atom is 0.306 e. The van der Waals surface area contributed by atoms with Crippen molar-refractivity contribution < 1.29 is 10.0 Å². The fourth-order valence-corrected chi connectivity index (χ4v) is 3.06. The third-order valence-electron chi connectivity index (χ3n) is 2.53. The molecular formula is C11H13BrN4O3S. The summed E-state index contributed by atoms with van der Waals surface area (Å²) in [6.45, 7) is 1.28. The van der Waals surface area contributed by atoms with Crippen LogP contribution in [0.15, 0.2) is 28.3 Å². The second-order valence-electron chi connectivity index (χ2n) is 4.19. The lowest BCUT2D eigenvalue weighted by molar-refractivity contribution is -0.385. The summed E-state index contributed by atoms with van der Waals surface area (Å²) in [4.78, 5) is 11.2. The van der Waals surface area contributed by atoms with Crippen LogP contribution in [0, 0.1) is 10.1 Å². The maximum atomic E-state index is 10.5. The van der Waals surface area contributed by atoms with Crippen LogP contribution in [0.5, 0.6) is 0 Å². The molecule has 108 valence electrons. The van der Waals surface area contributed by atoms with Crippen LogP contribution in [0.3, 0.4) is 0 Å². The summed E-state index contributed by atoms with van der Waals surface area (Å²) in [5.74, 6) is 0. The third kappa shape index (κ3) is 4.37. The molecule has 0 saturated heterocycles. The van der Waals surface area contributed by atoms with Crippen molar-refractivity contribution in [1.82, 2.24) is 15.1 Å². The normalized spacial score (nSPS) is 12.5. The molecule has 0 aliphatic rings. The molecule has 1 unspecified atom stereocenters. The molecule has 0 aliphatic heterocycles. The first-order valence-electron chi connectivity index (χ1n) is 5.83. The van der Waals surface area contributed by atoms with E-state index in [9.17, 15) is 15.2 Å². The first-order chi connectivity index (χ1) is 9.54. The van der Waals surface area contributed by atoms with Gasteiger partial charge in [0.15, 0.2) is 0 Å². The Labute approximate surface area is 127 Å². The number of nitro groups is 1. The summed E-state index contributed by atoms with van der Waals surface area (Å²) in [6, 6.07) is 2.01. The van der Waals surface area contributed by atoms with Crippen LogP contribution in [0.2, 0.25) is 0 Å². The number of nitrogens with one attached hydrogen (secondary N) is 1. The molecule has 0 fully saturated rings. The van der Waals surface area contributed by atoms with E-state index < -0.39 is 11.0 Å². The van der Waals surface area contributed by atoms with Gasteiger partial charge in [-0.3, -0.25) is 14.8 Å². The van der Waals surface area contributed by atoms with E-state index in [0.717, 1.165) is 4.47 Å². The van der Waals surface area contributed by atoms with E-state index in [1.165, 1.54) is 22.0 Å². The second-order valence-corrected chi connectivity index (χ2v) is 6.11. The number of thiophene rings is 1. The molecule has 0 aromatic carbocycles. The first-order valence-corrected chi connectivity index (χ1v) is 7.50. The fraction of sp³-hybridized carbons (Fsp3) is 0.364. The van der Waals surface area contributed by atoms with E-state index in [0.29, 0.717) is 13.1 Å². The van der Waals surface area contributed by atoms with Gasteiger partial charge < -0.3 is 10.4 Å². The second kappa shape index (κ2) is 6.93. The van der Waals surface area contributed by atoms with Crippen molar-refractivity contribution in [3.63, 3.8) is 0 Å². The van der Waals surface area contributed by atoms with Gasteiger partial charge in [0.25, 0.3) is 0 Å². The number of aliphatic hydroxyl groups is 1. The molecule has 0 radical (unpaired) electrons. The summed E-state index contributed by atoms with van der Waals surface area (Å²) in [7, 11) is 0. The lowest BCUT2D eigenvalue weighted by Gasteiger charge is -2.11. The van der Waals surface area contributed by atoms with Gasteiger partial charge in [-0.05, 0) is 22.0 Å². The van der Waals surface area contributed by atoms with Crippen LogP contribution in [-0.2, 0) is 13.1 Å². The van der Waals surface area contributed by atoms with E-state index >= 15 is 0 Å². The molecule has 2 aromatic heterocycles. The standard InChI is InChI=1S/C11H13BrN4O3S/c12-8-1-11(20-7-8)4-13-3-10(17)6-15-5-9(2-14-15)16(18)19/h1-2,5,7,10,13,17H,3-4,6H2. The smallest absolute Gasteiger partial charge is 0.306 e. The highest BCUT2D eigenvalue weighted by atomic mass is 79.9. The maximum absolute atomic E-state index is 10.5. The van der Waals surface area contributed by atoms with Crippen LogP contribution in [-0.4, -0.2) is 32.5 Å². The molecule has 2 aromatic rings. The van der Waals surface area contributed by atoms with Gasteiger partial charge in [-0.15, -0.1) is 11.3 Å². The van der Waals surface area contributed by atoms with Gasteiger partial charge in [-0.2, -0.15) is 5.10 Å². The minimum absolute atomic E-state index is 0.0754. The highest BCUT2D eigenvalue weighted by molar-refractivity contribution is 9.10. The lowest BCUT2D eigenvalue weighted by Crippen LogP contribution is -2.29. The largest absolute Gasteiger partial charge is 0.390 e. The quantitative estimate of drug-likeness (QED) is 0.579. The minimum Gasteiger partial charge on any atom is -0.390 e. The topological polar surface area (TPSA) is 93.2 Å². The zero-order chi connectivity index (χ0) is 14.5. The van der Waals surface area contributed by atoms with Crippen LogP contribution in [0.4, 0.5) is 5.69 Å². The molecule has 2 rings (SSSR count). The van der Waals surface area contributed by atoms with E-state index in [4.69, 9.17) is 0 Å². The first kappa shape index (κ1) is 15.1. The van der Waals surface area contributed by atoms with Gasteiger partial charge in [0.1, 0.15) is 12.4 Å². The molecular weight excluding hydrogens is 348 g/mol. The van der Waals surface area contributed by atoms with Gasteiger partial charge in [-0.25, -0.2) is 0 Å². The van der Waals surface area contributed by atoms with Crippen molar-refractivity contribution >= 4 is 33.0 Å². The third-order valence-corrected chi connectivity index (χ3v) is 4.23. The fourth-order valence-electron chi connectivity index (χ4n) is 1.64. The molecule has 0 spiro atoms. The zero-order valence-electron chi connectivity index (χ0n) is 10.4. The van der Waals surface area contributed by atoms with Gasteiger partial charge in [0, 0.05) is 27.8 Å². The highest BCUT2D eigenvalue weighted by Crippen LogP contribution is 2.19. The van der Waals surface area contributed by atoms with Crippen LogP contribution >= 0.6 is 27.3 Å². The van der Waals surface area contributed by atoms with E-state index in [2.05, 4.69) is 26.3 Å². The average Bonchev–Trinajstić information content (AvgIpc) is 2.99. The summed E-state index contributed by atoms with van der Waals surface area (Å²) in [5.41, 5.74) is -0.0754. The number of hydrogen-bond donors (Lipinski definition) is 2. The molecule has 7 nitrogen and oxygen atoms in total. The molecule has 0 bridgehead atoms. The molecule has 0 saturated carbocycles. The van der Waals surface area contributed by atoms with Crippen molar-refractivity contribution in [1.29, 1.82) is 0 Å². The molecule has 20 heavy (non-hydrogen) atoms. The molecule has 1 atom stereocenters. The van der Waals surface area contributed by atoms with Crippen molar-refractivity contribution in [2.75, 3.05) is 6.54 Å². The Kier molecular flexibility index (Phi) is 5.24. The highest BCUT2D eigenvalue weighted by Gasteiger charge is 2.11. The zero-order valence-corrected chi connectivity index (χ0v) is 12.8. The molecule has 0 aliphatic carbocycles. The molecule has 9 heteroatoms. The number of aromatic nitrogens is 2. The number of rotatable bonds is 7. The Morgan fingerprint density at radius 2 is 2.45 bits per heavy atom. The molecule has 2 N–H and O–H groups in total. The monoisotopic (exact) mass is 360 g/mol. The number of aliphatic hydroxyl groups excluding tert-OH is 1. The van der Waals surface area contributed by atoms with Crippen LogP contribution < -0.4 is 5.32 Å². The summed E-state index contributed by atoms with van der Waals surface area (Å²) in [5, 5.41) is 29.3. The van der Waals surface area contributed by atoms with Gasteiger partial charge in [0.05, 0.1) is 17.6 Å². The number of halogens is 1. The SMILES string of the molecule is O=[N+]([O-])c1cnn(CC(O)CNCc2cc(Br)cs2)c1. The summed E-state index contributed by atoms with van der Waals surface area (Å²) < 4.78 is 2.41. The van der Waals surface area contributed by atoms with E-state index in [1.807, 2.05) is 11.4 Å². The van der Waals surface area contributed by atoms with Gasteiger partial charge in [-0.1, -0.05) is 0 Å². The molecule has 2 heterocycles. The van der Waals surface area contributed by atoms with Crippen molar-refractivity contribution in [2.45, 2.75) is 19.2 Å². The summed E-state index contributed by atoms with van der Waals surface area (Å²) >= 11 is 5.01. The van der Waals surface area contributed by atoms with E-state index in [1.54, 1.807) is 11.3 Å². The number of hydrogen-bond acceptors (Lipinski definition) is 6. The van der Waals surface area contributed by atoms with Gasteiger partial charge >= 0.3 is 5.69 Å². The molecule has 0 amide bonds. The predicted molar refractivity (Wildman–Crippen MR) is 78.6 cm³/mol. The Morgan fingerprint density at radius 3 is 3.05 bits per heavy atom.